The minimum absolute atomic E-state index is 0.0985. The molecule has 0 aliphatic rings. The topological polar surface area (TPSA) is 72.2 Å². The van der Waals surface area contributed by atoms with Gasteiger partial charge in [-0.3, -0.25) is 0 Å². The van der Waals surface area contributed by atoms with Crippen LogP contribution in [0.4, 0.5) is 0 Å². The molecule has 0 aliphatic heterocycles. The highest BCUT2D eigenvalue weighted by Gasteiger charge is 2.18. The first kappa shape index (κ1) is 16.1. The number of hydrogen-bond acceptors (Lipinski definition) is 3. The number of nitrogens with one attached hydrogen (secondary N) is 1. The summed E-state index contributed by atoms with van der Waals surface area (Å²) >= 11 is 4.81. The first-order chi connectivity index (χ1) is 8.60. The van der Waals surface area contributed by atoms with Crippen LogP contribution in [0.5, 0.6) is 0 Å². The summed E-state index contributed by atoms with van der Waals surface area (Å²) in [5.74, 6) is 0. The highest BCUT2D eigenvalue weighted by Crippen LogP contribution is 2.15. The van der Waals surface area contributed by atoms with Crippen molar-refractivity contribution in [2.45, 2.75) is 32.1 Å². The Labute approximate surface area is 120 Å². The highest BCUT2D eigenvalue weighted by molar-refractivity contribution is 7.89. The van der Waals surface area contributed by atoms with Crippen molar-refractivity contribution in [2.24, 2.45) is 11.1 Å². The van der Waals surface area contributed by atoms with Gasteiger partial charge < -0.3 is 5.73 Å². The van der Waals surface area contributed by atoms with Gasteiger partial charge in [-0.2, -0.15) is 0 Å². The molecule has 0 unspecified atom stereocenters. The van der Waals surface area contributed by atoms with E-state index in [0.29, 0.717) is 18.0 Å². The van der Waals surface area contributed by atoms with Gasteiger partial charge in [-0.15, -0.1) is 0 Å². The number of nitrogens with two attached hydrogens (primary N) is 1. The summed E-state index contributed by atoms with van der Waals surface area (Å²) in [6.07, 6.45) is 0.477. The van der Waals surface area contributed by atoms with Crippen molar-refractivity contribution in [2.75, 3.05) is 6.54 Å². The lowest BCUT2D eigenvalue weighted by Gasteiger charge is -2.18. The largest absolute Gasteiger partial charge is 0.393 e. The van der Waals surface area contributed by atoms with Crippen LogP contribution in [0.15, 0.2) is 29.2 Å². The van der Waals surface area contributed by atoms with Crippen LogP contribution < -0.4 is 10.5 Å². The Morgan fingerprint density at radius 3 is 2.21 bits per heavy atom. The molecule has 1 rings (SSSR count). The van der Waals surface area contributed by atoms with Crippen molar-refractivity contribution < 1.29 is 8.42 Å². The molecule has 1 aromatic rings. The molecule has 0 bridgehead atoms. The fourth-order valence-electron chi connectivity index (χ4n) is 1.38. The molecule has 0 aromatic heterocycles. The molecule has 0 saturated heterocycles. The Morgan fingerprint density at radius 2 is 1.79 bits per heavy atom. The van der Waals surface area contributed by atoms with E-state index in [1.807, 2.05) is 20.8 Å². The molecule has 3 N–H and O–H groups in total. The van der Waals surface area contributed by atoms with Gasteiger partial charge in [0.25, 0.3) is 0 Å². The van der Waals surface area contributed by atoms with Crippen LogP contribution in [-0.4, -0.2) is 20.0 Å². The quantitative estimate of drug-likeness (QED) is 0.814. The lowest BCUT2D eigenvalue weighted by molar-refractivity contribution is 0.407. The van der Waals surface area contributed by atoms with Gasteiger partial charge in [-0.05, 0) is 23.1 Å². The van der Waals surface area contributed by atoms with Gasteiger partial charge in [0, 0.05) is 13.0 Å². The van der Waals surface area contributed by atoms with E-state index in [1.165, 1.54) is 0 Å². The molecule has 0 fully saturated rings. The minimum atomic E-state index is -3.45. The summed E-state index contributed by atoms with van der Waals surface area (Å²) in [4.78, 5) is 0.643. The maximum atomic E-state index is 12.1. The Morgan fingerprint density at radius 1 is 1.26 bits per heavy atom. The van der Waals surface area contributed by atoms with Crippen LogP contribution in [-0.2, 0) is 16.4 Å². The summed E-state index contributed by atoms with van der Waals surface area (Å²) in [5.41, 5.74) is 6.25. The molecule has 0 spiro atoms. The lowest BCUT2D eigenvalue weighted by Crippen LogP contribution is -2.32. The fraction of sp³-hybridized carbons (Fsp3) is 0.462. The molecule has 6 heteroatoms. The molecule has 0 saturated carbocycles. The fourth-order valence-corrected chi connectivity index (χ4v) is 2.83. The number of sulfonamides is 1. The van der Waals surface area contributed by atoms with Gasteiger partial charge in [-0.1, -0.05) is 45.1 Å². The standard InChI is InChI=1S/C13H20N2O2S2/c1-13(2,3)9-15-19(16,17)11-6-4-10(5-7-11)8-12(14)18/h4-7,15H,8-9H2,1-3H3,(H2,14,18). The average molecular weight is 300 g/mol. The Kier molecular flexibility index (Phi) is 5.06. The predicted octanol–water partition coefficient (Wildman–Crippen LogP) is 1.84. The molecule has 0 radical (unpaired) electrons. The summed E-state index contributed by atoms with van der Waals surface area (Å²) in [6, 6.07) is 6.59. The Bertz CT molecular complexity index is 543. The summed E-state index contributed by atoms with van der Waals surface area (Å²) in [7, 11) is -3.45. The molecule has 0 atom stereocenters. The van der Waals surface area contributed by atoms with Crippen LogP contribution in [0, 0.1) is 5.41 Å². The molecule has 106 valence electrons. The molecule has 1 aromatic carbocycles. The van der Waals surface area contributed by atoms with Crippen molar-refractivity contribution in [3.8, 4) is 0 Å². The van der Waals surface area contributed by atoms with Gasteiger partial charge in [0.1, 0.15) is 0 Å². The molecule has 0 aliphatic carbocycles. The molecule has 0 heterocycles. The Balaban J connectivity index is 2.82. The number of benzene rings is 1. The van der Waals surface area contributed by atoms with E-state index in [0.717, 1.165) is 5.56 Å². The van der Waals surface area contributed by atoms with E-state index < -0.39 is 10.0 Å². The zero-order chi connectivity index (χ0) is 14.7. The van der Waals surface area contributed by atoms with Gasteiger partial charge in [0.05, 0.1) is 9.88 Å². The second kappa shape index (κ2) is 5.98. The van der Waals surface area contributed by atoms with E-state index in [4.69, 9.17) is 18.0 Å². The number of rotatable bonds is 5. The van der Waals surface area contributed by atoms with Crippen LogP contribution in [0.3, 0.4) is 0 Å². The zero-order valence-electron chi connectivity index (χ0n) is 11.4. The van der Waals surface area contributed by atoms with Crippen molar-refractivity contribution >= 4 is 27.2 Å². The molecule has 0 amide bonds. The average Bonchev–Trinajstić information content (AvgIpc) is 2.26. The third kappa shape index (κ3) is 5.67. The second-order valence-electron chi connectivity index (χ2n) is 5.67. The molecular formula is C13H20N2O2S2. The number of thiocarbonyl (C=S) groups is 1. The maximum absolute atomic E-state index is 12.1. The predicted molar refractivity (Wildman–Crippen MR) is 81.6 cm³/mol. The first-order valence-corrected chi connectivity index (χ1v) is 7.86. The van der Waals surface area contributed by atoms with Crippen molar-refractivity contribution in [1.29, 1.82) is 0 Å². The van der Waals surface area contributed by atoms with Crippen LogP contribution >= 0.6 is 12.2 Å². The third-order valence-corrected chi connectivity index (χ3v) is 3.97. The van der Waals surface area contributed by atoms with Gasteiger partial charge in [0.2, 0.25) is 10.0 Å². The van der Waals surface area contributed by atoms with E-state index in [-0.39, 0.29) is 10.3 Å². The highest BCUT2D eigenvalue weighted by atomic mass is 32.2. The second-order valence-corrected chi connectivity index (χ2v) is 7.96. The van der Waals surface area contributed by atoms with Crippen LogP contribution in [0.25, 0.3) is 0 Å². The molecule has 4 nitrogen and oxygen atoms in total. The summed E-state index contributed by atoms with van der Waals surface area (Å²) in [6.45, 7) is 6.31. The zero-order valence-corrected chi connectivity index (χ0v) is 13.1. The summed E-state index contributed by atoms with van der Waals surface area (Å²) < 4.78 is 26.7. The molecular weight excluding hydrogens is 280 g/mol. The van der Waals surface area contributed by atoms with E-state index >= 15 is 0 Å². The monoisotopic (exact) mass is 300 g/mol. The first-order valence-electron chi connectivity index (χ1n) is 5.97. The Hall–Kier alpha value is -0.980. The van der Waals surface area contributed by atoms with E-state index in [2.05, 4.69) is 4.72 Å². The van der Waals surface area contributed by atoms with Crippen molar-refractivity contribution in [1.82, 2.24) is 4.72 Å². The van der Waals surface area contributed by atoms with Crippen LogP contribution in [0.1, 0.15) is 26.3 Å². The summed E-state index contributed by atoms with van der Waals surface area (Å²) in [5, 5.41) is 0. The molecule has 19 heavy (non-hydrogen) atoms. The van der Waals surface area contributed by atoms with Crippen LogP contribution in [0.2, 0.25) is 0 Å². The van der Waals surface area contributed by atoms with Crippen molar-refractivity contribution in [3.05, 3.63) is 29.8 Å². The van der Waals surface area contributed by atoms with Gasteiger partial charge in [0.15, 0.2) is 0 Å². The van der Waals surface area contributed by atoms with E-state index in [9.17, 15) is 8.42 Å². The minimum Gasteiger partial charge on any atom is -0.393 e. The normalized spacial score (nSPS) is 12.4. The maximum Gasteiger partial charge on any atom is 0.240 e. The number of hydrogen-bond donors (Lipinski definition) is 2. The smallest absolute Gasteiger partial charge is 0.240 e. The van der Waals surface area contributed by atoms with Crippen molar-refractivity contribution in [3.63, 3.8) is 0 Å². The third-order valence-electron chi connectivity index (χ3n) is 2.40. The lowest BCUT2D eigenvalue weighted by atomic mass is 9.98. The van der Waals surface area contributed by atoms with Gasteiger partial charge >= 0.3 is 0 Å². The van der Waals surface area contributed by atoms with E-state index in [1.54, 1.807) is 24.3 Å². The SMILES string of the molecule is CC(C)(C)CNS(=O)(=O)c1ccc(CC(N)=S)cc1. The van der Waals surface area contributed by atoms with Gasteiger partial charge in [-0.25, -0.2) is 13.1 Å².